The summed E-state index contributed by atoms with van der Waals surface area (Å²) in [7, 11) is 0. The normalized spacial score (nSPS) is 12.0. The number of aliphatic hydroxyl groups excluding tert-OH is 1. The van der Waals surface area contributed by atoms with Crippen LogP contribution in [-0.4, -0.2) is 30.7 Å². The molecule has 0 saturated carbocycles. The van der Waals surface area contributed by atoms with Crippen molar-refractivity contribution in [1.82, 2.24) is 0 Å². The van der Waals surface area contributed by atoms with Crippen LogP contribution < -0.4 is 9.47 Å². The van der Waals surface area contributed by atoms with Gasteiger partial charge in [0.1, 0.15) is 12.9 Å². The second-order valence-electron chi connectivity index (χ2n) is 3.75. The standard InChI is InChI=1S/C13H17BrO4/c1-3-10(16)8-18-13-11(14)5-9(7-15)6-12(13)17-4-2/h5-7,10,16H,3-4,8H2,1-2H3. The van der Waals surface area contributed by atoms with Crippen molar-refractivity contribution in [1.29, 1.82) is 0 Å². The second-order valence-corrected chi connectivity index (χ2v) is 4.61. The van der Waals surface area contributed by atoms with E-state index in [4.69, 9.17) is 9.47 Å². The lowest BCUT2D eigenvalue weighted by Crippen LogP contribution is -2.16. The Morgan fingerprint density at radius 1 is 1.39 bits per heavy atom. The molecule has 1 atom stereocenters. The van der Waals surface area contributed by atoms with E-state index < -0.39 is 6.10 Å². The summed E-state index contributed by atoms with van der Waals surface area (Å²) in [5.74, 6) is 1.01. The van der Waals surface area contributed by atoms with E-state index in [9.17, 15) is 9.90 Å². The average molecular weight is 317 g/mol. The van der Waals surface area contributed by atoms with Crippen molar-refractivity contribution in [3.8, 4) is 11.5 Å². The summed E-state index contributed by atoms with van der Waals surface area (Å²) in [5, 5.41) is 9.49. The zero-order valence-corrected chi connectivity index (χ0v) is 12.1. The second kappa shape index (κ2) is 7.38. The van der Waals surface area contributed by atoms with Crippen LogP contribution in [0.15, 0.2) is 16.6 Å². The highest BCUT2D eigenvalue weighted by Crippen LogP contribution is 2.36. The highest BCUT2D eigenvalue weighted by Gasteiger charge is 2.13. The molecule has 4 nitrogen and oxygen atoms in total. The molecule has 1 aromatic carbocycles. The van der Waals surface area contributed by atoms with Crippen molar-refractivity contribution in [3.63, 3.8) is 0 Å². The smallest absolute Gasteiger partial charge is 0.175 e. The van der Waals surface area contributed by atoms with Gasteiger partial charge in [0, 0.05) is 5.56 Å². The summed E-state index contributed by atoms with van der Waals surface area (Å²) in [4.78, 5) is 10.8. The number of halogens is 1. The monoisotopic (exact) mass is 316 g/mol. The Balaban J connectivity index is 2.96. The number of rotatable bonds is 7. The van der Waals surface area contributed by atoms with Gasteiger partial charge in [-0.3, -0.25) is 4.79 Å². The van der Waals surface area contributed by atoms with Gasteiger partial charge in [-0.2, -0.15) is 0 Å². The first-order valence-corrected chi connectivity index (χ1v) is 6.64. The summed E-state index contributed by atoms with van der Waals surface area (Å²) in [6.45, 7) is 4.39. The van der Waals surface area contributed by atoms with E-state index in [-0.39, 0.29) is 6.61 Å². The van der Waals surface area contributed by atoms with E-state index in [1.54, 1.807) is 12.1 Å². The van der Waals surface area contributed by atoms with Crippen molar-refractivity contribution in [2.75, 3.05) is 13.2 Å². The van der Waals surface area contributed by atoms with Crippen LogP contribution in [0.5, 0.6) is 11.5 Å². The fourth-order valence-electron chi connectivity index (χ4n) is 1.36. The molecule has 0 heterocycles. The van der Waals surface area contributed by atoms with Crippen LogP contribution in [0.3, 0.4) is 0 Å². The van der Waals surface area contributed by atoms with Crippen molar-refractivity contribution >= 4 is 22.2 Å². The number of carbonyl (C=O) groups is 1. The van der Waals surface area contributed by atoms with E-state index in [0.717, 1.165) is 6.29 Å². The van der Waals surface area contributed by atoms with Gasteiger partial charge in [0.15, 0.2) is 11.5 Å². The molecule has 1 rings (SSSR count). The molecule has 0 aliphatic carbocycles. The largest absolute Gasteiger partial charge is 0.490 e. The van der Waals surface area contributed by atoms with E-state index >= 15 is 0 Å². The van der Waals surface area contributed by atoms with Gasteiger partial charge in [0.2, 0.25) is 0 Å². The van der Waals surface area contributed by atoms with Gasteiger partial charge >= 0.3 is 0 Å². The molecule has 100 valence electrons. The summed E-state index contributed by atoms with van der Waals surface area (Å²) < 4.78 is 11.6. The predicted molar refractivity (Wildman–Crippen MR) is 72.5 cm³/mol. The quantitative estimate of drug-likeness (QED) is 0.786. The van der Waals surface area contributed by atoms with Crippen LogP contribution in [0, 0.1) is 0 Å². The first kappa shape index (κ1) is 15.0. The third-order valence-corrected chi connectivity index (χ3v) is 2.95. The fourth-order valence-corrected chi connectivity index (χ4v) is 1.93. The maximum absolute atomic E-state index is 10.8. The Kier molecular flexibility index (Phi) is 6.15. The highest BCUT2D eigenvalue weighted by molar-refractivity contribution is 9.10. The lowest BCUT2D eigenvalue weighted by molar-refractivity contribution is 0.101. The molecule has 0 saturated heterocycles. The number of aliphatic hydroxyl groups is 1. The van der Waals surface area contributed by atoms with Gasteiger partial charge in [-0.25, -0.2) is 0 Å². The Hall–Kier alpha value is -1.07. The third-order valence-electron chi connectivity index (χ3n) is 2.36. The Labute approximate surface area is 115 Å². The molecule has 0 radical (unpaired) electrons. The maximum Gasteiger partial charge on any atom is 0.175 e. The van der Waals surface area contributed by atoms with Crippen molar-refractivity contribution in [3.05, 3.63) is 22.2 Å². The van der Waals surface area contributed by atoms with Crippen LogP contribution in [0.25, 0.3) is 0 Å². The van der Waals surface area contributed by atoms with E-state index in [1.807, 2.05) is 13.8 Å². The van der Waals surface area contributed by atoms with Gasteiger partial charge in [-0.15, -0.1) is 0 Å². The zero-order valence-electron chi connectivity index (χ0n) is 10.5. The molecular weight excluding hydrogens is 300 g/mol. The number of benzene rings is 1. The molecule has 1 N–H and O–H groups in total. The number of aldehydes is 1. The maximum atomic E-state index is 10.8. The highest BCUT2D eigenvalue weighted by atomic mass is 79.9. The number of hydrogen-bond donors (Lipinski definition) is 1. The van der Waals surface area contributed by atoms with Gasteiger partial charge in [-0.1, -0.05) is 6.92 Å². The zero-order chi connectivity index (χ0) is 13.5. The first-order valence-electron chi connectivity index (χ1n) is 5.84. The summed E-state index contributed by atoms with van der Waals surface area (Å²) in [5.41, 5.74) is 0.508. The molecule has 1 unspecified atom stereocenters. The minimum Gasteiger partial charge on any atom is -0.490 e. The SMILES string of the molecule is CCOc1cc(C=O)cc(Br)c1OCC(O)CC. The van der Waals surface area contributed by atoms with Gasteiger partial charge in [-0.05, 0) is 41.4 Å². The van der Waals surface area contributed by atoms with Crippen molar-refractivity contribution in [2.24, 2.45) is 0 Å². The fraction of sp³-hybridized carbons (Fsp3) is 0.462. The first-order chi connectivity index (χ1) is 8.62. The molecule has 0 aliphatic rings. The molecule has 0 aromatic heterocycles. The molecule has 0 aliphatic heterocycles. The van der Waals surface area contributed by atoms with Crippen LogP contribution in [0.4, 0.5) is 0 Å². The van der Waals surface area contributed by atoms with Crippen LogP contribution >= 0.6 is 15.9 Å². The van der Waals surface area contributed by atoms with Crippen molar-refractivity contribution < 1.29 is 19.4 Å². The lowest BCUT2D eigenvalue weighted by atomic mass is 10.2. The Morgan fingerprint density at radius 3 is 2.67 bits per heavy atom. The minimum atomic E-state index is -0.517. The van der Waals surface area contributed by atoms with Crippen molar-refractivity contribution in [2.45, 2.75) is 26.4 Å². The molecule has 18 heavy (non-hydrogen) atoms. The van der Waals surface area contributed by atoms with Crippen LogP contribution in [-0.2, 0) is 0 Å². The third kappa shape index (κ3) is 3.99. The Morgan fingerprint density at radius 2 is 2.11 bits per heavy atom. The van der Waals surface area contributed by atoms with Gasteiger partial charge < -0.3 is 14.6 Å². The number of carbonyl (C=O) groups excluding carboxylic acids is 1. The van der Waals surface area contributed by atoms with E-state index in [0.29, 0.717) is 34.6 Å². The molecule has 0 spiro atoms. The van der Waals surface area contributed by atoms with Gasteiger partial charge in [0.05, 0.1) is 17.2 Å². The lowest BCUT2D eigenvalue weighted by Gasteiger charge is -2.16. The molecule has 0 fully saturated rings. The molecule has 0 bridgehead atoms. The van der Waals surface area contributed by atoms with E-state index in [1.165, 1.54) is 0 Å². The molecule has 5 heteroatoms. The van der Waals surface area contributed by atoms with E-state index in [2.05, 4.69) is 15.9 Å². The topological polar surface area (TPSA) is 55.8 Å². The molecule has 0 amide bonds. The molecular formula is C13H17BrO4. The summed E-state index contributed by atoms with van der Waals surface area (Å²) in [6.07, 6.45) is 0.850. The predicted octanol–water partition coefficient (Wildman–Crippen LogP) is 2.81. The minimum absolute atomic E-state index is 0.190. The number of ether oxygens (including phenoxy) is 2. The number of hydrogen-bond acceptors (Lipinski definition) is 4. The summed E-state index contributed by atoms with van der Waals surface area (Å²) in [6, 6.07) is 3.28. The molecule has 1 aromatic rings. The van der Waals surface area contributed by atoms with Gasteiger partial charge in [0.25, 0.3) is 0 Å². The van der Waals surface area contributed by atoms with Crippen LogP contribution in [0.1, 0.15) is 30.6 Å². The van der Waals surface area contributed by atoms with Crippen LogP contribution in [0.2, 0.25) is 0 Å². The Bertz CT molecular complexity index is 406. The average Bonchev–Trinajstić information content (AvgIpc) is 2.37. The summed E-state index contributed by atoms with van der Waals surface area (Å²) >= 11 is 3.34.